The zero-order valence-corrected chi connectivity index (χ0v) is 13.2. The first-order chi connectivity index (χ1) is 10.1. The van der Waals surface area contributed by atoms with E-state index in [0.29, 0.717) is 17.8 Å². The van der Waals surface area contributed by atoms with E-state index in [0.717, 1.165) is 35.7 Å². The molecule has 0 atom stereocenters. The smallest absolute Gasteiger partial charge is 0.258 e. The van der Waals surface area contributed by atoms with E-state index in [1.54, 1.807) is 0 Å². The van der Waals surface area contributed by atoms with Crippen LogP contribution in [0.25, 0.3) is 0 Å². The number of H-pyrrole nitrogens is 1. The summed E-state index contributed by atoms with van der Waals surface area (Å²) in [5.74, 6) is 0.539. The summed E-state index contributed by atoms with van der Waals surface area (Å²) in [6.07, 6.45) is 4.63. The van der Waals surface area contributed by atoms with Crippen molar-refractivity contribution in [3.8, 4) is 5.88 Å². The van der Waals surface area contributed by atoms with Gasteiger partial charge in [0.2, 0.25) is 5.88 Å². The van der Waals surface area contributed by atoms with Gasteiger partial charge in [0, 0.05) is 10.9 Å². The van der Waals surface area contributed by atoms with E-state index in [1.165, 1.54) is 0 Å². The Balaban J connectivity index is 1.92. The Kier molecular flexibility index (Phi) is 4.10. The van der Waals surface area contributed by atoms with Crippen LogP contribution in [-0.4, -0.2) is 15.1 Å². The molecule has 0 amide bonds. The molecule has 1 aliphatic carbocycles. The second-order valence-corrected chi connectivity index (χ2v) is 6.35. The molecule has 1 heterocycles. The normalized spacial score (nSPS) is 15.5. The van der Waals surface area contributed by atoms with Gasteiger partial charge in [0.15, 0.2) is 0 Å². The molecule has 0 radical (unpaired) electrons. The van der Waals surface area contributed by atoms with Gasteiger partial charge in [-0.25, -0.2) is 0 Å². The van der Waals surface area contributed by atoms with Crippen LogP contribution in [0.1, 0.15) is 48.6 Å². The molecule has 2 aromatic rings. The second-order valence-electron chi connectivity index (χ2n) is 5.50. The molecule has 0 saturated heterocycles. The summed E-state index contributed by atoms with van der Waals surface area (Å²) < 4.78 is 0.965. The van der Waals surface area contributed by atoms with Gasteiger partial charge >= 0.3 is 0 Å². The summed E-state index contributed by atoms with van der Waals surface area (Å²) in [6, 6.07) is 7.78. The Morgan fingerprint density at radius 3 is 2.67 bits per heavy atom. The molecule has 0 spiro atoms. The molecule has 0 bridgehead atoms. The third kappa shape index (κ3) is 3.02. The lowest BCUT2D eigenvalue weighted by atomic mass is 10.00. The molecule has 1 saturated carbocycles. The van der Waals surface area contributed by atoms with Crippen LogP contribution in [0.4, 0.5) is 0 Å². The van der Waals surface area contributed by atoms with Crippen LogP contribution >= 0.6 is 15.9 Å². The molecule has 1 aromatic carbocycles. The van der Waals surface area contributed by atoms with E-state index in [1.807, 2.05) is 24.3 Å². The minimum absolute atomic E-state index is 0.104. The molecule has 3 rings (SSSR count). The molecular formula is C16H17BrN2O2. The molecule has 0 unspecified atom stereocenters. The Hall–Kier alpha value is -1.62. The number of hydrogen-bond donors (Lipinski definition) is 2. The first kappa shape index (κ1) is 14.3. The maximum absolute atomic E-state index is 12.3. The van der Waals surface area contributed by atoms with Crippen molar-refractivity contribution in [2.45, 2.75) is 38.0 Å². The summed E-state index contributed by atoms with van der Waals surface area (Å²) in [6.45, 7) is 0. The molecular weight excluding hydrogens is 332 g/mol. The Morgan fingerprint density at radius 1 is 1.29 bits per heavy atom. The van der Waals surface area contributed by atoms with Gasteiger partial charge in [0.25, 0.3) is 5.56 Å². The van der Waals surface area contributed by atoms with Crippen molar-refractivity contribution >= 4 is 15.9 Å². The summed E-state index contributed by atoms with van der Waals surface area (Å²) in [5, 5.41) is 10.1. The molecule has 4 nitrogen and oxygen atoms in total. The van der Waals surface area contributed by atoms with Gasteiger partial charge < -0.3 is 10.1 Å². The maximum atomic E-state index is 12.3. The van der Waals surface area contributed by atoms with Crippen molar-refractivity contribution < 1.29 is 5.11 Å². The van der Waals surface area contributed by atoms with Gasteiger partial charge in [-0.3, -0.25) is 4.79 Å². The van der Waals surface area contributed by atoms with E-state index in [2.05, 4.69) is 25.9 Å². The minimum atomic E-state index is -0.198. The number of rotatable bonds is 3. The highest BCUT2D eigenvalue weighted by atomic mass is 79.9. The number of aromatic amines is 1. The van der Waals surface area contributed by atoms with Gasteiger partial charge in [0.1, 0.15) is 5.82 Å². The zero-order chi connectivity index (χ0) is 14.8. The Bertz CT molecular complexity index is 706. The van der Waals surface area contributed by atoms with Crippen LogP contribution in [-0.2, 0) is 6.42 Å². The van der Waals surface area contributed by atoms with Crippen molar-refractivity contribution in [3.05, 3.63) is 56.0 Å². The monoisotopic (exact) mass is 348 g/mol. The zero-order valence-electron chi connectivity index (χ0n) is 11.6. The Morgan fingerprint density at radius 2 is 2.00 bits per heavy atom. The van der Waals surface area contributed by atoms with Gasteiger partial charge in [-0.15, -0.1) is 0 Å². The van der Waals surface area contributed by atoms with E-state index < -0.39 is 0 Å². The SMILES string of the molecule is O=c1[nH]c(Cc2ccccc2Br)nc(O)c1C1CCCC1. The third-order valence-electron chi connectivity index (χ3n) is 4.06. The number of halogens is 1. The fraction of sp³-hybridized carbons (Fsp3) is 0.375. The van der Waals surface area contributed by atoms with Crippen LogP contribution in [0.3, 0.4) is 0 Å². The van der Waals surface area contributed by atoms with E-state index >= 15 is 0 Å². The first-order valence-electron chi connectivity index (χ1n) is 7.20. The standard InChI is InChI=1S/C16H17BrN2O2/c17-12-8-4-3-7-11(12)9-13-18-15(20)14(16(21)19-13)10-5-1-2-6-10/h3-4,7-8,10H,1-2,5-6,9H2,(H2,18,19,20,21). The highest BCUT2D eigenvalue weighted by Crippen LogP contribution is 2.35. The fourth-order valence-corrected chi connectivity index (χ4v) is 3.43. The van der Waals surface area contributed by atoms with E-state index in [4.69, 9.17) is 0 Å². The number of benzene rings is 1. The van der Waals surface area contributed by atoms with Crippen molar-refractivity contribution in [3.63, 3.8) is 0 Å². The average Bonchev–Trinajstić information content (AvgIpc) is 2.94. The Labute approximate surface area is 131 Å². The van der Waals surface area contributed by atoms with Crippen LogP contribution in [0.15, 0.2) is 33.5 Å². The van der Waals surface area contributed by atoms with Gasteiger partial charge in [-0.1, -0.05) is 47.0 Å². The quantitative estimate of drug-likeness (QED) is 0.892. The molecule has 1 fully saturated rings. The number of hydrogen-bond acceptors (Lipinski definition) is 3. The molecule has 21 heavy (non-hydrogen) atoms. The van der Waals surface area contributed by atoms with Crippen LogP contribution < -0.4 is 5.56 Å². The molecule has 5 heteroatoms. The van der Waals surface area contributed by atoms with Crippen molar-refractivity contribution in [2.24, 2.45) is 0 Å². The lowest BCUT2D eigenvalue weighted by molar-refractivity contribution is 0.432. The highest BCUT2D eigenvalue weighted by molar-refractivity contribution is 9.10. The van der Waals surface area contributed by atoms with Crippen molar-refractivity contribution in [1.82, 2.24) is 9.97 Å². The van der Waals surface area contributed by atoms with Crippen LogP contribution in [0.5, 0.6) is 5.88 Å². The number of nitrogens with zero attached hydrogens (tertiary/aromatic N) is 1. The fourth-order valence-electron chi connectivity index (χ4n) is 3.00. The molecule has 2 N–H and O–H groups in total. The van der Waals surface area contributed by atoms with Gasteiger partial charge in [-0.2, -0.15) is 4.98 Å². The van der Waals surface area contributed by atoms with Crippen LogP contribution in [0, 0.1) is 0 Å². The van der Waals surface area contributed by atoms with Crippen molar-refractivity contribution in [1.29, 1.82) is 0 Å². The molecule has 0 aliphatic heterocycles. The largest absolute Gasteiger partial charge is 0.493 e. The third-order valence-corrected chi connectivity index (χ3v) is 4.84. The number of aromatic nitrogens is 2. The molecule has 1 aliphatic rings. The predicted octanol–water partition coefficient (Wildman–Crippen LogP) is 3.49. The van der Waals surface area contributed by atoms with Gasteiger partial charge in [-0.05, 0) is 30.4 Å². The summed E-state index contributed by atoms with van der Waals surface area (Å²) >= 11 is 3.48. The second kappa shape index (κ2) is 6.02. The van der Waals surface area contributed by atoms with Crippen LogP contribution in [0.2, 0.25) is 0 Å². The number of aromatic hydroxyl groups is 1. The topological polar surface area (TPSA) is 66.0 Å². The van der Waals surface area contributed by atoms with Gasteiger partial charge in [0.05, 0.1) is 5.56 Å². The van der Waals surface area contributed by atoms with E-state index in [9.17, 15) is 9.90 Å². The molecule has 1 aromatic heterocycles. The summed E-state index contributed by atoms with van der Waals surface area (Å²) in [5.41, 5.74) is 1.29. The highest BCUT2D eigenvalue weighted by Gasteiger charge is 2.24. The first-order valence-corrected chi connectivity index (χ1v) is 8.00. The van der Waals surface area contributed by atoms with Crippen molar-refractivity contribution in [2.75, 3.05) is 0 Å². The number of nitrogens with one attached hydrogen (secondary N) is 1. The lowest BCUT2D eigenvalue weighted by Crippen LogP contribution is -2.19. The minimum Gasteiger partial charge on any atom is -0.493 e. The van der Waals surface area contributed by atoms with E-state index in [-0.39, 0.29) is 17.4 Å². The average molecular weight is 349 g/mol. The molecule has 110 valence electrons. The lowest BCUT2D eigenvalue weighted by Gasteiger charge is -2.11. The maximum Gasteiger partial charge on any atom is 0.258 e. The summed E-state index contributed by atoms with van der Waals surface area (Å²) in [4.78, 5) is 19.3. The summed E-state index contributed by atoms with van der Waals surface area (Å²) in [7, 11) is 0. The predicted molar refractivity (Wildman–Crippen MR) is 84.7 cm³/mol.